The zero-order valence-electron chi connectivity index (χ0n) is 9.37. The molecule has 1 fully saturated rings. The Hall–Kier alpha value is -1.11. The van der Waals surface area contributed by atoms with Crippen LogP contribution in [0.25, 0.3) is 0 Å². The SMILES string of the molecule is CN1CCN(c2cncc(B(O)O)c2)CC1. The lowest BCUT2D eigenvalue weighted by molar-refractivity contribution is 0.313. The molecule has 1 aromatic rings. The molecule has 1 aliphatic rings. The first-order chi connectivity index (χ1) is 7.66. The molecule has 1 aliphatic heterocycles. The number of aromatic nitrogens is 1. The average molecular weight is 221 g/mol. The van der Waals surface area contributed by atoms with Crippen LogP contribution in [0.5, 0.6) is 0 Å². The van der Waals surface area contributed by atoms with E-state index < -0.39 is 7.12 Å². The Bertz CT molecular complexity index is 354. The molecule has 0 aliphatic carbocycles. The zero-order valence-corrected chi connectivity index (χ0v) is 9.37. The first-order valence-electron chi connectivity index (χ1n) is 5.41. The number of pyridine rings is 1. The lowest BCUT2D eigenvalue weighted by Crippen LogP contribution is -2.45. The maximum atomic E-state index is 9.08. The Morgan fingerprint density at radius 3 is 2.50 bits per heavy atom. The van der Waals surface area contributed by atoms with Gasteiger partial charge in [-0.2, -0.15) is 0 Å². The molecule has 0 amide bonds. The van der Waals surface area contributed by atoms with Crippen LogP contribution in [0.15, 0.2) is 18.5 Å². The van der Waals surface area contributed by atoms with Crippen LogP contribution in [0, 0.1) is 0 Å². The Morgan fingerprint density at radius 2 is 1.88 bits per heavy atom. The van der Waals surface area contributed by atoms with Crippen molar-refractivity contribution in [2.75, 3.05) is 38.1 Å². The number of nitrogens with zero attached hydrogens (tertiary/aromatic N) is 3. The van der Waals surface area contributed by atoms with Crippen LogP contribution in [0.4, 0.5) is 5.69 Å². The van der Waals surface area contributed by atoms with Crippen molar-refractivity contribution in [3.63, 3.8) is 0 Å². The van der Waals surface area contributed by atoms with Crippen LogP contribution in [0.1, 0.15) is 0 Å². The molecule has 0 bridgehead atoms. The van der Waals surface area contributed by atoms with Gasteiger partial charge in [-0.25, -0.2) is 0 Å². The highest BCUT2D eigenvalue weighted by Gasteiger charge is 2.17. The summed E-state index contributed by atoms with van der Waals surface area (Å²) in [6.45, 7) is 3.93. The summed E-state index contributed by atoms with van der Waals surface area (Å²) < 4.78 is 0. The van der Waals surface area contributed by atoms with Crippen molar-refractivity contribution in [1.29, 1.82) is 0 Å². The van der Waals surface area contributed by atoms with Crippen molar-refractivity contribution < 1.29 is 10.0 Å². The molecule has 2 N–H and O–H groups in total. The van der Waals surface area contributed by atoms with Gasteiger partial charge < -0.3 is 19.8 Å². The molecule has 16 heavy (non-hydrogen) atoms. The monoisotopic (exact) mass is 221 g/mol. The van der Waals surface area contributed by atoms with E-state index in [1.54, 1.807) is 12.3 Å². The smallest absolute Gasteiger partial charge is 0.423 e. The minimum atomic E-state index is -1.44. The number of hydrogen-bond acceptors (Lipinski definition) is 5. The third kappa shape index (κ3) is 2.52. The summed E-state index contributed by atoms with van der Waals surface area (Å²) in [5.74, 6) is 0. The van der Waals surface area contributed by atoms with Crippen LogP contribution < -0.4 is 10.4 Å². The lowest BCUT2D eigenvalue weighted by Gasteiger charge is -2.33. The topological polar surface area (TPSA) is 59.8 Å². The Morgan fingerprint density at radius 1 is 1.19 bits per heavy atom. The van der Waals surface area contributed by atoms with E-state index in [0.717, 1.165) is 31.9 Å². The van der Waals surface area contributed by atoms with Gasteiger partial charge in [0.1, 0.15) is 0 Å². The molecule has 1 saturated heterocycles. The normalized spacial score (nSPS) is 17.6. The molecular weight excluding hydrogens is 205 g/mol. The first kappa shape index (κ1) is 11.4. The van der Waals surface area contributed by atoms with Gasteiger partial charge in [0.2, 0.25) is 0 Å². The first-order valence-corrected chi connectivity index (χ1v) is 5.41. The maximum absolute atomic E-state index is 9.08. The van der Waals surface area contributed by atoms with Gasteiger partial charge in [-0.05, 0) is 13.1 Å². The second kappa shape index (κ2) is 4.82. The Balaban J connectivity index is 2.11. The molecule has 6 heteroatoms. The predicted octanol–water partition coefficient (Wildman–Crippen LogP) is -1.49. The van der Waals surface area contributed by atoms with Crippen LogP contribution >= 0.6 is 0 Å². The van der Waals surface area contributed by atoms with E-state index in [9.17, 15) is 0 Å². The van der Waals surface area contributed by atoms with Gasteiger partial charge in [-0.3, -0.25) is 4.98 Å². The number of likely N-dealkylation sites (N-methyl/N-ethyl adjacent to an activating group) is 1. The fourth-order valence-electron chi connectivity index (χ4n) is 1.82. The lowest BCUT2D eigenvalue weighted by atomic mass is 9.81. The molecule has 0 radical (unpaired) electrons. The highest BCUT2D eigenvalue weighted by atomic mass is 16.4. The van der Waals surface area contributed by atoms with E-state index in [0.29, 0.717) is 5.46 Å². The van der Waals surface area contributed by atoms with Gasteiger partial charge in [-0.15, -0.1) is 0 Å². The second-order valence-corrected chi connectivity index (χ2v) is 4.14. The highest BCUT2D eigenvalue weighted by molar-refractivity contribution is 6.58. The quantitative estimate of drug-likeness (QED) is 0.596. The van der Waals surface area contributed by atoms with Crippen LogP contribution in [-0.4, -0.2) is 60.3 Å². The van der Waals surface area contributed by atoms with Crippen molar-refractivity contribution in [1.82, 2.24) is 9.88 Å². The van der Waals surface area contributed by atoms with Gasteiger partial charge >= 0.3 is 7.12 Å². The minimum Gasteiger partial charge on any atom is -0.423 e. The molecule has 5 nitrogen and oxygen atoms in total. The summed E-state index contributed by atoms with van der Waals surface area (Å²) in [7, 11) is 0.656. The number of hydrogen-bond donors (Lipinski definition) is 2. The van der Waals surface area contributed by atoms with Crippen molar-refractivity contribution in [2.24, 2.45) is 0 Å². The van der Waals surface area contributed by atoms with Crippen molar-refractivity contribution in [3.8, 4) is 0 Å². The van der Waals surface area contributed by atoms with E-state index in [1.165, 1.54) is 6.20 Å². The van der Waals surface area contributed by atoms with E-state index >= 15 is 0 Å². The zero-order chi connectivity index (χ0) is 11.5. The van der Waals surface area contributed by atoms with Gasteiger partial charge in [0.25, 0.3) is 0 Å². The van der Waals surface area contributed by atoms with Crippen LogP contribution in [-0.2, 0) is 0 Å². The third-order valence-corrected chi connectivity index (χ3v) is 2.91. The molecule has 0 unspecified atom stereocenters. The summed E-state index contributed by atoms with van der Waals surface area (Å²) in [6.07, 6.45) is 3.24. The number of piperazine rings is 1. The van der Waals surface area contributed by atoms with Crippen LogP contribution in [0.2, 0.25) is 0 Å². The van der Waals surface area contributed by atoms with E-state index in [4.69, 9.17) is 10.0 Å². The van der Waals surface area contributed by atoms with Crippen molar-refractivity contribution in [2.45, 2.75) is 0 Å². The standard InChI is InChI=1S/C10H16BN3O2/c1-13-2-4-14(5-3-13)10-6-9(11(15)16)7-12-8-10/h6-8,15-16H,2-5H2,1H3. The molecule has 1 aromatic heterocycles. The van der Waals surface area contributed by atoms with E-state index in [1.807, 2.05) is 0 Å². The fourth-order valence-corrected chi connectivity index (χ4v) is 1.82. The molecule has 0 aromatic carbocycles. The average Bonchev–Trinajstić information content (AvgIpc) is 2.30. The van der Waals surface area contributed by atoms with Gasteiger partial charge in [0.15, 0.2) is 0 Å². The summed E-state index contributed by atoms with van der Waals surface area (Å²) in [5, 5.41) is 18.2. The summed E-state index contributed by atoms with van der Waals surface area (Å²) in [6, 6.07) is 1.78. The number of anilines is 1. The van der Waals surface area contributed by atoms with E-state index in [2.05, 4.69) is 21.8 Å². The van der Waals surface area contributed by atoms with Crippen LogP contribution in [0.3, 0.4) is 0 Å². The van der Waals surface area contributed by atoms with Gasteiger partial charge in [0.05, 0.1) is 11.9 Å². The molecule has 0 saturated carbocycles. The highest BCUT2D eigenvalue weighted by Crippen LogP contribution is 2.12. The molecule has 0 atom stereocenters. The molecular formula is C10H16BN3O2. The van der Waals surface area contributed by atoms with E-state index in [-0.39, 0.29) is 0 Å². The summed E-state index contributed by atoms with van der Waals surface area (Å²) in [4.78, 5) is 8.50. The van der Waals surface area contributed by atoms with Crippen molar-refractivity contribution >= 4 is 18.3 Å². The van der Waals surface area contributed by atoms with Gasteiger partial charge in [-0.1, -0.05) is 0 Å². The molecule has 0 spiro atoms. The minimum absolute atomic E-state index is 0.441. The maximum Gasteiger partial charge on any atom is 0.490 e. The number of rotatable bonds is 2. The summed E-state index contributed by atoms with van der Waals surface area (Å²) >= 11 is 0. The summed E-state index contributed by atoms with van der Waals surface area (Å²) in [5.41, 5.74) is 1.40. The van der Waals surface area contributed by atoms with Crippen molar-refractivity contribution in [3.05, 3.63) is 18.5 Å². The van der Waals surface area contributed by atoms with Gasteiger partial charge in [0, 0.05) is 37.8 Å². The molecule has 2 rings (SSSR count). The fraction of sp³-hybridized carbons (Fsp3) is 0.500. The Kier molecular flexibility index (Phi) is 3.43. The predicted molar refractivity (Wildman–Crippen MR) is 63.8 cm³/mol. The Labute approximate surface area is 95.5 Å². The third-order valence-electron chi connectivity index (χ3n) is 2.91. The molecule has 86 valence electrons. The second-order valence-electron chi connectivity index (χ2n) is 4.14. The molecule has 2 heterocycles. The largest absolute Gasteiger partial charge is 0.490 e.